The number of carboxylic acid groups (broad SMARTS) is 1. The number of carboxylic acids is 1. The van der Waals surface area contributed by atoms with Gasteiger partial charge < -0.3 is 19.9 Å². The van der Waals surface area contributed by atoms with Crippen molar-refractivity contribution in [3.8, 4) is 11.5 Å². The fourth-order valence-corrected chi connectivity index (χ4v) is 1.59. The van der Waals surface area contributed by atoms with E-state index < -0.39 is 12.6 Å². The van der Waals surface area contributed by atoms with Gasteiger partial charge in [0.05, 0.1) is 6.61 Å². The maximum absolute atomic E-state index is 12.1. The Hall–Kier alpha value is -2.24. The number of ether oxygens (including phenoxy) is 2. The highest BCUT2D eigenvalue weighted by atomic mass is 16.5. The molecule has 2 N–H and O–H groups in total. The molecular formula is C15H21NO5. The lowest BCUT2D eigenvalue weighted by molar-refractivity contribution is -0.139. The third kappa shape index (κ3) is 5.72. The molecule has 0 unspecified atom stereocenters. The Labute approximate surface area is 124 Å². The van der Waals surface area contributed by atoms with Crippen molar-refractivity contribution in [1.82, 2.24) is 5.32 Å². The van der Waals surface area contributed by atoms with Gasteiger partial charge in [0.25, 0.3) is 5.91 Å². The van der Waals surface area contributed by atoms with Gasteiger partial charge in [-0.15, -0.1) is 0 Å². The van der Waals surface area contributed by atoms with Crippen molar-refractivity contribution in [2.75, 3.05) is 13.2 Å². The lowest BCUT2D eigenvalue weighted by Crippen LogP contribution is -2.40. The number of nitrogens with one attached hydrogen (secondary N) is 1. The molecule has 1 amide bonds. The number of carbonyl (C=O) groups excluding carboxylic acids is 1. The average Bonchev–Trinajstić information content (AvgIpc) is 2.35. The van der Waals surface area contributed by atoms with Crippen LogP contribution in [0.2, 0.25) is 0 Å². The summed E-state index contributed by atoms with van der Waals surface area (Å²) in [6.45, 7) is 7.38. The van der Waals surface area contributed by atoms with E-state index in [2.05, 4.69) is 5.32 Å². The monoisotopic (exact) mass is 295 g/mol. The van der Waals surface area contributed by atoms with Crippen LogP contribution in [0.15, 0.2) is 18.2 Å². The van der Waals surface area contributed by atoms with Crippen molar-refractivity contribution in [3.05, 3.63) is 23.8 Å². The van der Waals surface area contributed by atoms with Gasteiger partial charge in [-0.25, -0.2) is 4.79 Å². The topological polar surface area (TPSA) is 84.9 Å². The molecule has 0 radical (unpaired) electrons. The van der Waals surface area contributed by atoms with Crippen LogP contribution in [-0.2, 0) is 4.79 Å². The molecule has 21 heavy (non-hydrogen) atoms. The van der Waals surface area contributed by atoms with Gasteiger partial charge in [-0.1, -0.05) is 0 Å². The maximum Gasteiger partial charge on any atom is 0.341 e. The van der Waals surface area contributed by atoms with Crippen molar-refractivity contribution < 1.29 is 24.2 Å². The summed E-state index contributed by atoms with van der Waals surface area (Å²) in [5.74, 6) is -0.660. The Morgan fingerprint density at radius 1 is 1.19 bits per heavy atom. The van der Waals surface area contributed by atoms with E-state index in [1.165, 1.54) is 6.07 Å². The zero-order chi connectivity index (χ0) is 16.0. The fourth-order valence-electron chi connectivity index (χ4n) is 1.59. The number of carbonyl (C=O) groups is 2. The molecule has 0 aromatic heterocycles. The van der Waals surface area contributed by atoms with Crippen LogP contribution in [0, 0.1) is 0 Å². The predicted molar refractivity (Wildman–Crippen MR) is 78.0 cm³/mol. The minimum absolute atomic E-state index is 0.228. The van der Waals surface area contributed by atoms with Crippen LogP contribution in [-0.4, -0.2) is 35.7 Å². The second-order valence-corrected chi connectivity index (χ2v) is 5.48. The molecule has 0 aliphatic heterocycles. The summed E-state index contributed by atoms with van der Waals surface area (Å²) in [5.41, 5.74) is 0.0810. The first-order chi connectivity index (χ1) is 9.73. The summed E-state index contributed by atoms with van der Waals surface area (Å²) in [6.07, 6.45) is 0. The van der Waals surface area contributed by atoms with E-state index in [9.17, 15) is 9.59 Å². The lowest BCUT2D eigenvalue weighted by atomic mass is 10.1. The molecule has 0 spiro atoms. The normalized spacial score (nSPS) is 10.9. The zero-order valence-corrected chi connectivity index (χ0v) is 12.7. The molecule has 1 aromatic carbocycles. The first-order valence-corrected chi connectivity index (χ1v) is 6.67. The van der Waals surface area contributed by atoms with E-state index >= 15 is 0 Å². The summed E-state index contributed by atoms with van der Waals surface area (Å²) in [6, 6.07) is 4.65. The van der Waals surface area contributed by atoms with Gasteiger partial charge in [-0.05, 0) is 45.9 Å². The van der Waals surface area contributed by atoms with Crippen LogP contribution in [0.3, 0.4) is 0 Å². The minimum atomic E-state index is -1.08. The molecule has 6 heteroatoms. The van der Waals surface area contributed by atoms with Gasteiger partial charge in [0.2, 0.25) is 0 Å². The molecule has 1 rings (SSSR count). The van der Waals surface area contributed by atoms with Gasteiger partial charge >= 0.3 is 5.97 Å². The smallest absolute Gasteiger partial charge is 0.341 e. The van der Waals surface area contributed by atoms with Crippen LogP contribution in [0.25, 0.3) is 0 Å². The molecule has 0 saturated heterocycles. The highest BCUT2D eigenvalue weighted by molar-refractivity contribution is 5.95. The van der Waals surface area contributed by atoms with Gasteiger partial charge in [-0.3, -0.25) is 4.79 Å². The van der Waals surface area contributed by atoms with Crippen molar-refractivity contribution in [2.24, 2.45) is 0 Å². The van der Waals surface area contributed by atoms with Crippen LogP contribution < -0.4 is 14.8 Å². The Bertz CT molecular complexity index is 519. The summed E-state index contributed by atoms with van der Waals surface area (Å²) >= 11 is 0. The Morgan fingerprint density at radius 3 is 2.38 bits per heavy atom. The number of amides is 1. The van der Waals surface area contributed by atoms with Crippen LogP contribution in [0.5, 0.6) is 11.5 Å². The lowest BCUT2D eigenvalue weighted by Gasteiger charge is -2.21. The molecule has 6 nitrogen and oxygen atoms in total. The highest BCUT2D eigenvalue weighted by Gasteiger charge is 2.17. The molecule has 0 bridgehead atoms. The molecule has 1 aromatic rings. The Kier molecular flexibility index (Phi) is 5.58. The number of aliphatic carboxylic acids is 1. The average molecular weight is 295 g/mol. The van der Waals surface area contributed by atoms with Crippen LogP contribution in [0.1, 0.15) is 38.1 Å². The zero-order valence-electron chi connectivity index (χ0n) is 12.7. The van der Waals surface area contributed by atoms with E-state index in [1.54, 1.807) is 19.1 Å². The SMILES string of the molecule is CCOc1cc(C(=O)NC(C)(C)C)ccc1OCC(=O)O. The molecule has 0 aliphatic carbocycles. The van der Waals surface area contributed by atoms with Crippen LogP contribution >= 0.6 is 0 Å². The first kappa shape index (κ1) is 16.8. The Morgan fingerprint density at radius 2 is 1.86 bits per heavy atom. The molecule has 0 fully saturated rings. The van der Waals surface area contributed by atoms with Crippen molar-refractivity contribution in [1.29, 1.82) is 0 Å². The molecule has 0 aliphatic rings. The van der Waals surface area contributed by atoms with E-state index in [0.29, 0.717) is 23.7 Å². The summed E-state index contributed by atoms with van der Waals surface area (Å²) in [5, 5.41) is 11.5. The summed E-state index contributed by atoms with van der Waals surface area (Å²) in [7, 11) is 0. The maximum atomic E-state index is 12.1. The molecule has 0 atom stereocenters. The quantitative estimate of drug-likeness (QED) is 0.839. The second-order valence-electron chi connectivity index (χ2n) is 5.48. The van der Waals surface area contributed by atoms with Crippen molar-refractivity contribution in [3.63, 3.8) is 0 Å². The third-order valence-electron chi connectivity index (χ3n) is 2.35. The molecular weight excluding hydrogens is 274 g/mol. The van der Waals surface area contributed by atoms with Gasteiger partial charge in [0.1, 0.15) is 0 Å². The molecule has 116 valence electrons. The number of rotatable bonds is 6. The predicted octanol–water partition coefficient (Wildman–Crippen LogP) is 2.08. The summed E-state index contributed by atoms with van der Waals surface area (Å²) in [4.78, 5) is 22.6. The van der Waals surface area contributed by atoms with Gasteiger partial charge in [0, 0.05) is 11.1 Å². The van der Waals surface area contributed by atoms with Gasteiger partial charge in [-0.2, -0.15) is 0 Å². The number of benzene rings is 1. The number of hydrogen-bond donors (Lipinski definition) is 2. The van der Waals surface area contributed by atoms with E-state index in [0.717, 1.165) is 0 Å². The van der Waals surface area contributed by atoms with Crippen molar-refractivity contribution in [2.45, 2.75) is 33.2 Å². The first-order valence-electron chi connectivity index (χ1n) is 6.67. The Balaban J connectivity index is 2.96. The highest BCUT2D eigenvalue weighted by Crippen LogP contribution is 2.28. The standard InChI is InChI=1S/C15H21NO5/c1-5-20-12-8-10(14(19)16-15(2,3)4)6-7-11(12)21-9-13(17)18/h6-8H,5,9H2,1-4H3,(H,16,19)(H,17,18). The van der Waals surface area contributed by atoms with Crippen LogP contribution in [0.4, 0.5) is 0 Å². The minimum Gasteiger partial charge on any atom is -0.490 e. The van der Waals surface area contributed by atoms with E-state index in [1.807, 2.05) is 20.8 Å². The molecule has 0 heterocycles. The van der Waals surface area contributed by atoms with Gasteiger partial charge in [0.15, 0.2) is 18.1 Å². The third-order valence-corrected chi connectivity index (χ3v) is 2.35. The van der Waals surface area contributed by atoms with E-state index in [4.69, 9.17) is 14.6 Å². The largest absolute Gasteiger partial charge is 0.490 e. The van der Waals surface area contributed by atoms with E-state index in [-0.39, 0.29) is 11.4 Å². The number of hydrogen-bond acceptors (Lipinski definition) is 4. The van der Waals surface area contributed by atoms with Crippen molar-refractivity contribution >= 4 is 11.9 Å². The summed E-state index contributed by atoms with van der Waals surface area (Å²) < 4.78 is 10.5. The fraction of sp³-hybridized carbons (Fsp3) is 0.467. The molecule has 0 saturated carbocycles. The second kappa shape index (κ2) is 6.97.